The normalized spacial score (nSPS) is 13.2. The highest BCUT2D eigenvalue weighted by Gasteiger charge is 2.22. The Morgan fingerprint density at radius 2 is 1.78 bits per heavy atom. The minimum absolute atomic E-state index is 0.0280. The highest BCUT2D eigenvalue weighted by molar-refractivity contribution is 6.06. The van der Waals surface area contributed by atoms with Gasteiger partial charge in [-0.3, -0.25) is 9.59 Å². The van der Waals surface area contributed by atoms with E-state index in [1.807, 2.05) is 35.2 Å². The topological polar surface area (TPSA) is 126 Å². The van der Waals surface area contributed by atoms with Gasteiger partial charge in [0.05, 0.1) is 5.69 Å². The van der Waals surface area contributed by atoms with Crippen LogP contribution in [0.5, 0.6) is 0 Å². The number of aliphatic imine (C=N–C) groups is 1. The number of nitrogens with zero attached hydrogens (tertiary/aromatic N) is 4. The van der Waals surface area contributed by atoms with Crippen LogP contribution in [-0.4, -0.2) is 35.6 Å². The monoisotopic (exact) mass is 432 g/mol. The number of hydrogen-bond donors (Lipinski definition) is 2. The number of hydrogen-bond acceptors (Lipinski definition) is 5. The van der Waals surface area contributed by atoms with Crippen molar-refractivity contribution in [3.05, 3.63) is 59.2 Å². The van der Waals surface area contributed by atoms with E-state index in [0.29, 0.717) is 35.7 Å². The number of amidine groups is 1. The summed E-state index contributed by atoms with van der Waals surface area (Å²) in [7, 11) is 0. The molecule has 0 saturated carbocycles. The van der Waals surface area contributed by atoms with Crippen molar-refractivity contribution in [2.45, 2.75) is 33.1 Å². The van der Waals surface area contributed by atoms with Gasteiger partial charge < -0.3 is 16.5 Å². The number of nitrogens with two attached hydrogens (primary N) is 2. The summed E-state index contributed by atoms with van der Waals surface area (Å²) in [5.74, 6) is 5.14. The summed E-state index contributed by atoms with van der Waals surface area (Å²) in [4.78, 5) is 31.3. The predicted octanol–water partition coefficient (Wildman–Crippen LogP) is 4.24. The molecule has 8 nitrogen and oxygen atoms in total. The van der Waals surface area contributed by atoms with Gasteiger partial charge in [0.1, 0.15) is 0 Å². The molecular weight excluding hydrogens is 404 g/mol. The average Bonchev–Trinajstić information content (AvgIpc) is 2.97. The molecule has 166 valence electrons. The molecule has 1 aliphatic rings. The summed E-state index contributed by atoms with van der Waals surface area (Å²) in [6, 6.07) is 12.8. The molecule has 0 fully saturated rings. The quantitative estimate of drug-likeness (QED) is 0.386. The summed E-state index contributed by atoms with van der Waals surface area (Å²) < 4.78 is 0. The lowest BCUT2D eigenvalue weighted by molar-refractivity contribution is -0.127. The number of amides is 2. The van der Waals surface area contributed by atoms with Crippen LogP contribution in [0.1, 0.15) is 49.0 Å². The van der Waals surface area contributed by atoms with Crippen molar-refractivity contribution in [3.8, 4) is 11.1 Å². The Balaban J connectivity index is 2.05. The highest BCUT2D eigenvalue weighted by atomic mass is 16.2. The van der Waals surface area contributed by atoms with Crippen LogP contribution < -0.4 is 11.6 Å². The van der Waals surface area contributed by atoms with Gasteiger partial charge in [0.25, 0.3) is 0 Å². The zero-order valence-corrected chi connectivity index (χ0v) is 18.4. The molecule has 2 aromatic rings. The Labute approximate surface area is 187 Å². The van der Waals surface area contributed by atoms with Gasteiger partial charge in [-0.05, 0) is 48.2 Å². The molecule has 0 bridgehead atoms. The third-order valence-corrected chi connectivity index (χ3v) is 5.16. The van der Waals surface area contributed by atoms with Crippen molar-refractivity contribution in [1.29, 1.82) is 0 Å². The number of rotatable bonds is 7. The van der Waals surface area contributed by atoms with Gasteiger partial charge in [0.2, 0.25) is 11.8 Å². The molecule has 0 aliphatic carbocycles. The van der Waals surface area contributed by atoms with Gasteiger partial charge in [0, 0.05) is 36.2 Å². The van der Waals surface area contributed by atoms with Crippen molar-refractivity contribution >= 4 is 29.4 Å². The fourth-order valence-corrected chi connectivity index (χ4v) is 3.70. The fourth-order valence-electron chi connectivity index (χ4n) is 3.70. The zero-order valence-electron chi connectivity index (χ0n) is 18.4. The van der Waals surface area contributed by atoms with E-state index in [-0.39, 0.29) is 12.3 Å². The molecule has 2 aromatic carbocycles. The van der Waals surface area contributed by atoms with E-state index in [9.17, 15) is 9.59 Å². The van der Waals surface area contributed by atoms with E-state index in [0.717, 1.165) is 29.5 Å². The molecule has 32 heavy (non-hydrogen) atoms. The summed E-state index contributed by atoms with van der Waals surface area (Å²) in [5.41, 5.74) is 9.59. The van der Waals surface area contributed by atoms with Crippen LogP contribution in [0, 0.1) is 0 Å². The van der Waals surface area contributed by atoms with Crippen molar-refractivity contribution in [1.82, 2.24) is 4.90 Å². The second-order valence-corrected chi connectivity index (χ2v) is 7.60. The summed E-state index contributed by atoms with van der Waals surface area (Å²) in [5, 5.41) is 7.33. The Morgan fingerprint density at radius 1 is 1.06 bits per heavy atom. The van der Waals surface area contributed by atoms with E-state index < -0.39 is 5.91 Å². The number of carbonyl (C=O) groups excluding carboxylic acids is 2. The van der Waals surface area contributed by atoms with Crippen LogP contribution in [0.4, 0.5) is 5.69 Å². The molecule has 3 rings (SSSR count). The van der Waals surface area contributed by atoms with Crippen LogP contribution in [0.2, 0.25) is 0 Å². The minimum atomic E-state index is -0.486. The molecule has 0 aromatic heterocycles. The molecule has 0 atom stereocenters. The Morgan fingerprint density at radius 3 is 2.44 bits per heavy atom. The maximum atomic E-state index is 13.2. The molecular formula is C24H28N6O2. The lowest BCUT2D eigenvalue weighted by Crippen LogP contribution is -2.34. The molecule has 1 aliphatic heterocycles. The van der Waals surface area contributed by atoms with Gasteiger partial charge >= 0.3 is 0 Å². The molecule has 2 amide bonds. The number of benzene rings is 2. The first-order valence-corrected chi connectivity index (χ1v) is 10.7. The zero-order chi connectivity index (χ0) is 23.1. The standard InChI is InChI=1S/C24H28N6O2/c1-3-10-30(11-4-2)24(32)20-13-18-9-8-17(14-21(18)27-22(15-20)28-29-26)16-6-5-7-19(12-16)23(25)31/h5-9,12-14H,3-4,10-11,15H2,1-2H3,(H2,25,31)(H2,26,27,28). The first kappa shape index (κ1) is 22.9. The van der Waals surface area contributed by atoms with Crippen LogP contribution in [0.3, 0.4) is 0 Å². The lowest BCUT2D eigenvalue weighted by atomic mass is 9.99. The fraction of sp³-hybridized carbons (Fsp3) is 0.292. The Bertz CT molecular complexity index is 1100. The van der Waals surface area contributed by atoms with Gasteiger partial charge in [-0.2, -0.15) is 0 Å². The van der Waals surface area contributed by atoms with Gasteiger partial charge in [0.15, 0.2) is 5.84 Å². The van der Waals surface area contributed by atoms with Crippen LogP contribution >= 0.6 is 0 Å². The van der Waals surface area contributed by atoms with E-state index in [2.05, 4.69) is 29.2 Å². The molecule has 0 spiro atoms. The first-order valence-electron chi connectivity index (χ1n) is 10.7. The maximum Gasteiger partial charge on any atom is 0.250 e. The van der Waals surface area contributed by atoms with E-state index in [1.165, 1.54) is 0 Å². The Hall–Kier alpha value is -3.81. The molecule has 4 N–H and O–H groups in total. The molecule has 0 radical (unpaired) electrons. The Kier molecular flexibility index (Phi) is 7.49. The largest absolute Gasteiger partial charge is 0.366 e. The molecule has 1 heterocycles. The summed E-state index contributed by atoms with van der Waals surface area (Å²) in [6.45, 7) is 5.49. The second-order valence-electron chi connectivity index (χ2n) is 7.60. The molecule has 0 unspecified atom stereocenters. The van der Waals surface area contributed by atoms with Crippen LogP contribution in [0.25, 0.3) is 17.2 Å². The van der Waals surface area contributed by atoms with Gasteiger partial charge in [-0.25, -0.2) is 4.99 Å². The van der Waals surface area contributed by atoms with Crippen molar-refractivity contribution < 1.29 is 9.59 Å². The third kappa shape index (κ3) is 5.26. The maximum absolute atomic E-state index is 13.2. The van der Waals surface area contributed by atoms with E-state index in [1.54, 1.807) is 18.2 Å². The summed E-state index contributed by atoms with van der Waals surface area (Å²) >= 11 is 0. The average molecular weight is 433 g/mol. The smallest absolute Gasteiger partial charge is 0.250 e. The van der Waals surface area contributed by atoms with Crippen LogP contribution in [-0.2, 0) is 4.79 Å². The SMILES string of the molecule is CCCN(CCC)C(=O)C1=Cc2ccc(-c3cccc(C(N)=O)c3)cc2N=C(N=NN)C1. The van der Waals surface area contributed by atoms with Crippen LogP contribution in [0.15, 0.2) is 63.4 Å². The third-order valence-electron chi connectivity index (χ3n) is 5.16. The minimum Gasteiger partial charge on any atom is -0.366 e. The van der Waals surface area contributed by atoms with Crippen molar-refractivity contribution in [2.24, 2.45) is 26.9 Å². The lowest BCUT2D eigenvalue weighted by Gasteiger charge is -2.22. The highest BCUT2D eigenvalue weighted by Crippen LogP contribution is 2.33. The van der Waals surface area contributed by atoms with Gasteiger partial charge in [-0.15, -0.1) is 5.11 Å². The van der Waals surface area contributed by atoms with Crippen molar-refractivity contribution in [2.75, 3.05) is 13.1 Å². The van der Waals surface area contributed by atoms with Crippen molar-refractivity contribution in [3.63, 3.8) is 0 Å². The van der Waals surface area contributed by atoms with E-state index in [4.69, 9.17) is 11.6 Å². The molecule has 8 heteroatoms. The number of primary amides is 1. The van der Waals surface area contributed by atoms with Gasteiger partial charge in [-0.1, -0.05) is 43.3 Å². The second kappa shape index (κ2) is 10.5. The first-order chi connectivity index (χ1) is 15.5. The number of fused-ring (bicyclic) bond motifs is 1. The predicted molar refractivity (Wildman–Crippen MR) is 126 cm³/mol. The summed E-state index contributed by atoms with van der Waals surface area (Å²) in [6.07, 6.45) is 3.87. The van der Waals surface area contributed by atoms with E-state index >= 15 is 0 Å². The molecule has 0 saturated heterocycles. The number of carbonyl (C=O) groups is 2.